The van der Waals surface area contributed by atoms with Gasteiger partial charge in [0.15, 0.2) is 0 Å². The summed E-state index contributed by atoms with van der Waals surface area (Å²) >= 11 is 0. The average Bonchev–Trinajstić information content (AvgIpc) is 2.91. The van der Waals surface area contributed by atoms with Crippen LogP contribution < -0.4 is 11.1 Å². The highest BCUT2D eigenvalue weighted by Crippen LogP contribution is 2.20. The molecule has 3 N–H and O–H groups in total. The SMILES string of the molecule is CCn1c(C(C)NC(=O)CC(CN)OC)nc2ccccc21. The summed E-state index contributed by atoms with van der Waals surface area (Å²) in [5.74, 6) is 0.776. The number of hydrogen-bond acceptors (Lipinski definition) is 4. The molecule has 1 aromatic heterocycles. The van der Waals surface area contributed by atoms with Gasteiger partial charge < -0.3 is 20.4 Å². The lowest BCUT2D eigenvalue weighted by molar-refractivity contribution is -0.124. The van der Waals surface area contributed by atoms with Gasteiger partial charge in [0.2, 0.25) is 5.91 Å². The second kappa shape index (κ2) is 7.38. The molecule has 0 aliphatic heterocycles. The molecule has 1 aromatic carbocycles. The summed E-state index contributed by atoms with van der Waals surface area (Å²) in [5, 5.41) is 2.97. The number of hydrogen-bond donors (Lipinski definition) is 2. The van der Waals surface area contributed by atoms with Gasteiger partial charge in [-0.2, -0.15) is 0 Å². The first-order chi connectivity index (χ1) is 10.6. The summed E-state index contributed by atoms with van der Waals surface area (Å²) in [4.78, 5) is 16.7. The summed E-state index contributed by atoms with van der Waals surface area (Å²) in [6.07, 6.45) is 0.00106. The lowest BCUT2D eigenvalue weighted by atomic mass is 10.2. The lowest BCUT2D eigenvalue weighted by Gasteiger charge is -2.17. The van der Waals surface area contributed by atoms with Crippen LogP contribution in [-0.2, 0) is 16.1 Å². The van der Waals surface area contributed by atoms with E-state index in [9.17, 15) is 4.79 Å². The van der Waals surface area contributed by atoms with Crippen LogP contribution >= 0.6 is 0 Å². The number of methoxy groups -OCH3 is 1. The maximum Gasteiger partial charge on any atom is 0.223 e. The molecule has 1 amide bonds. The van der Waals surface area contributed by atoms with Gasteiger partial charge in [0, 0.05) is 20.2 Å². The third-order valence-corrected chi connectivity index (χ3v) is 3.77. The number of aromatic nitrogens is 2. The minimum absolute atomic E-state index is 0.0838. The highest BCUT2D eigenvalue weighted by Gasteiger charge is 2.19. The molecular formula is C16H24N4O2. The number of rotatable bonds is 7. The maximum absolute atomic E-state index is 12.1. The number of amides is 1. The minimum atomic E-state index is -0.253. The zero-order chi connectivity index (χ0) is 16.1. The Morgan fingerprint density at radius 3 is 2.82 bits per heavy atom. The number of fused-ring (bicyclic) bond motifs is 1. The quantitative estimate of drug-likeness (QED) is 0.814. The second-order valence-electron chi connectivity index (χ2n) is 5.29. The summed E-state index contributed by atoms with van der Waals surface area (Å²) in [5.41, 5.74) is 7.57. The Morgan fingerprint density at radius 1 is 1.45 bits per heavy atom. The van der Waals surface area contributed by atoms with Crippen molar-refractivity contribution in [1.29, 1.82) is 0 Å². The Kier molecular flexibility index (Phi) is 5.51. The van der Waals surface area contributed by atoms with Gasteiger partial charge in [-0.15, -0.1) is 0 Å². The smallest absolute Gasteiger partial charge is 0.223 e. The molecule has 0 radical (unpaired) electrons. The molecule has 0 aliphatic carbocycles. The van der Waals surface area contributed by atoms with Crippen LogP contribution in [0.2, 0.25) is 0 Å². The van der Waals surface area contributed by atoms with Crippen molar-refractivity contribution in [2.45, 2.75) is 39.0 Å². The maximum atomic E-state index is 12.1. The fourth-order valence-electron chi connectivity index (χ4n) is 2.59. The molecule has 0 spiro atoms. The Labute approximate surface area is 130 Å². The molecule has 2 rings (SSSR count). The summed E-state index contributed by atoms with van der Waals surface area (Å²) in [7, 11) is 1.56. The number of imidazole rings is 1. The Hall–Kier alpha value is -1.92. The van der Waals surface area contributed by atoms with Crippen LogP contribution in [0.3, 0.4) is 0 Å². The normalized spacial score (nSPS) is 14.0. The van der Waals surface area contributed by atoms with Crippen LogP contribution in [0.25, 0.3) is 11.0 Å². The number of carbonyl (C=O) groups excluding carboxylic acids is 1. The molecule has 6 nitrogen and oxygen atoms in total. The van der Waals surface area contributed by atoms with Crippen molar-refractivity contribution < 1.29 is 9.53 Å². The van der Waals surface area contributed by atoms with Crippen molar-refractivity contribution in [2.24, 2.45) is 5.73 Å². The predicted molar refractivity (Wildman–Crippen MR) is 86.4 cm³/mol. The number of para-hydroxylation sites is 2. The molecule has 0 saturated carbocycles. The third kappa shape index (κ3) is 3.45. The third-order valence-electron chi connectivity index (χ3n) is 3.77. The molecule has 2 atom stereocenters. The minimum Gasteiger partial charge on any atom is -0.380 e. The van der Waals surface area contributed by atoms with Gasteiger partial charge in [-0.25, -0.2) is 4.98 Å². The van der Waals surface area contributed by atoms with E-state index in [4.69, 9.17) is 10.5 Å². The van der Waals surface area contributed by atoms with E-state index in [0.717, 1.165) is 23.4 Å². The fraction of sp³-hybridized carbons (Fsp3) is 0.500. The molecule has 22 heavy (non-hydrogen) atoms. The van der Waals surface area contributed by atoms with Crippen molar-refractivity contribution in [3.05, 3.63) is 30.1 Å². The van der Waals surface area contributed by atoms with Crippen LogP contribution in [-0.4, -0.2) is 35.2 Å². The lowest BCUT2D eigenvalue weighted by Crippen LogP contribution is -2.34. The first kappa shape index (κ1) is 16.5. The molecule has 2 unspecified atom stereocenters. The van der Waals surface area contributed by atoms with Crippen molar-refractivity contribution >= 4 is 16.9 Å². The van der Waals surface area contributed by atoms with Gasteiger partial charge in [-0.05, 0) is 26.0 Å². The van der Waals surface area contributed by atoms with Gasteiger partial charge in [-0.1, -0.05) is 12.1 Å². The first-order valence-corrected chi connectivity index (χ1v) is 7.58. The molecular weight excluding hydrogens is 280 g/mol. The Bertz CT molecular complexity index is 634. The predicted octanol–water partition coefficient (Wildman–Crippen LogP) is 1.60. The van der Waals surface area contributed by atoms with Gasteiger partial charge in [-0.3, -0.25) is 4.79 Å². The summed E-state index contributed by atoms with van der Waals surface area (Å²) in [6, 6.07) is 7.81. The number of nitrogens with zero attached hydrogens (tertiary/aromatic N) is 2. The number of aryl methyl sites for hydroxylation is 1. The summed E-state index contributed by atoms with van der Waals surface area (Å²) in [6.45, 7) is 5.14. The van der Waals surface area contributed by atoms with E-state index in [1.165, 1.54) is 0 Å². The van der Waals surface area contributed by atoms with Crippen molar-refractivity contribution in [2.75, 3.05) is 13.7 Å². The van der Waals surface area contributed by atoms with E-state index < -0.39 is 0 Å². The summed E-state index contributed by atoms with van der Waals surface area (Å²) < 4.78 is 7.27. The average molecular weight is 304 g/mol. The zero-order valence-corrected chi connectivity index (χ0v) is 13.4. The van der Waals surface area contributed by atoms with Crippen LogP contribution in [0.1, 0.15) is 32.1 Å². The van der Waals surface area contributed by atoms with Crippen molar-refractivity contribution in [3.8, 4) is 0 Å². The largest absolute Gasteiger partial charge is 0.380 e. The molecule has 0 bridgehead atoms. The number of carbonyl (C=O) groups is 1. The molecule has 120 valence electrons. The van der Waals surface area contributed by atoms with E-state index >= 15 is 0 Å². The Balaban J connectivity index is 2.15. The molecule has 2 aromatic rings. The van der Waals surface area contributed by atoms with Gasteiger partial charge >= 0.3 is 0 Å². The van der Waals surface area contributed by atoms with Crippen molar-refractivity contribution in [3.63, 3.8) is 0 Å². The van der Waals surface area contributed by atoms with E-state index in [1.54, 1.807) is 7.11 Å². The van der Waals surface area contributed by atoms with Crippen molar-refractivity contribution in [1.82, 2.24) is 14.9 Å². The van der Waals surface area contributed by atoms with Crippen LogP contribution in [0.5, 0.6) is 0 Å². The van der Waals surface area contributed by atoms with Crippen LogP contribution in [0, 0.1) is 0 Å². The van der Waals surface area contributed by atoms with Crippen LogP contribution in [0.15, 0.2) is 24.3 Å². The molecule has 6 heteroatoms. The number of nitrogens with one attached hydrogen (secondary N) is 1. The van der Waals surface area contributed by atoms with Crippen LogP contribution in [0.4, 0.5) is 0 Å². The fourth-order valence-corrected chi connectivity index (χ4v) is 2.59. The topological polar surface area (TPSA) is 82.2 Å². The van der Waals surface area contributed by atoms with E-state index in [0.29, 0.717) is 6.54 Å². The van der Waals surface area contributed by atoms with E-state index in [2.05, 4.69) is 21.8 Å². The molecule has 0 aliphatic rings. The standard InChI is InChI=1S/C16H24N4O2/c1-4-20-14-8-6-5-7-13(14)19-16(20)11(2)18-15(21)9-12(10-17)22-3/h5-8,11-12H,4,9-10,17H2,1-3H3,(H,18,21). The molecule has 0 fully saturated rings. The molecule has 1 heterocycles. The van der Waals surface area contributed by atoms with Gasteiger partial charge in [0.25, 0.3) is 0 Å². The highest BCUT2D eigenvalue weighted by atomic mass is 16.5. The van der Waals surface area contributed by atoms with E-state index in [-0.39, 0.29) is 24.5 Å². The van der Waals surface area contributed by atoms with Gasteiger partial charge in [0.05, 0.1) is 29.6 Å². The van der Waals surface area contributed by atoms with E-state index in [1.807, 2.05) is 31.2 Å². The monoisotopic (exact) mass is 304 g/mol. The number of ether oxygens (including phenoxy) is 1. The first-order valence-electron chi connectivity index (χ1n) is 7.58. The van der Waals surface area contributed by atoms with Gasteiger partial charge in [0.1, 0.15) is 5.82 Å². The number of benzene rings is 1. The highest BCUT2D eigenvalue weighted by molar-refractivity contribution is 5.78. The molecule has 0 saturated heterocycles. The zero-order valence-electron chi connectivity index (χ0n) is 13.4. The Morgan fingerprint density at radius 2 is 2.18 bits per heavy atom. The number of nitrogens with two attached hydrogens (primary N) is 1. The second-order valence-corrected chi connectivity index (χ2v) is 5.29.